The second kappa shape index (κ2) is 12.1. The van der Waals surface area contributed by atoms with E-state index in [0.29, 0.717) is 23.8 Å². The van der Waals surface area contributed by atoms with Gasteiger partial charge >= 0.3 is 0 Å². The number of aliphatic imine (C=N–C) groups is 1. The Hall–Kier alpha value is -3.03. The second-order valence-electron chi connectivity index (χ2n) is 8.52. The zero-order valence-corrected chi connectivity index (χ0v) is 20.4. The van der Waals surface area contributed by atoms with Crippen molar-refractivity contribution in [3.8, 4) is 11.4 Å². The van der Waals surface area contributed by atoms with Crippen LogP contribution in [0, 0.1) is 6.92 Å². The highest BCUT2D eigenvalue weighted by molar-refractivity contribution is 6.30. The van der Waals surface area contributed by atoms with E-state index in [9.17, 15) is 4.79 Å². The van der Waals surface area contributed by atoms with E-state index in [-0.39, 0.29) is 19.6 Å². The molecule has 4 rings (SSSR count). The number of hydrogen-bond acceptors (Lipinski definition) is 6. The molecule has 0 spiro atoms. The number of carbonyl (C=O) groups excluding carboxylic acids is 1. The summed E-state index contributed by atoms with van der Waals surface area (Å²) in [6.07, 6.45) is 4.72. The zero-order chi connectivity index (χ0) is 24.1. The molecule has 186 valence electrons. The van der Waals surface area contributed by atoms with Crippen molar-refractivity contribution in [3.63, 3.8) is 0 Å². The van der Waals surface area contributed by atoms with Crippen LogP contribution in [0.2, 0.25) is 5.02 Å². The van der Waals surface area contributed by atoms with Gasteiger partial charge in [-0.2, -0.15) is 0 Å². The summed E-state index contributed by atoms with van der Waals surface area (Å²) in [6.45, 7) is 2.60. The molecule has 0 saturated carbocycles. The summed E-state index contributed by atoms with van der Waals surface area (Å²) in [5.41, 5.74) is 9.05. The van der Waals surface area contributed by atoms with E-state index in [1.54, 1.807) is 7.11 Å². The van der Waals surface area contributed by atoms with Crippen LogP contribution in [0.3, 0.4) is 0 Å². The average molecular weight is 496 g/mol. The van der Waals surface area contributed by atoms with Gasteiger partial charge in [0.05, 0.1) is 18.5 Å². The van der Waals surface area contributed by atoms with Crippen LogP contribution in [-0.4, -0.2) is 39.9 Å². The minimum atomic E-state index is -0.443. The third-order valence-electron chi connectivity index (χ3n) is 6.08. The standard InChI is InChI=1S/C26H30ClN5O2.CH4/c1-17-30-31-26-23(15-20(33)7-5-3-4-6-14-28)29-25(18-8-10-19(27)11-9-18)22-16-21(34-2)12-13-24(22)32(17)26;/h8-13,16,23H,3-7,14-15,28H2,1-2H3;1H4/t23-;/m0./s1. The smallest absolute Gasteiger partial charge is 0.162 e. The molecule has 0 unspecified atom stereocenters. The number of fused-ring (bicyclic) bond motifs is 3. The highest BCUT2D eigenvalue weighted by Crippen LogP contribution is 2.34. The van der Waals surface area contributed by atoms with Gasteiger partial charge in [-0.3, -0.25) is 14.4 Å². The summed E-state index contributed by atoms with van der Waals surface area (Å²) >= 11 is 6.15. The number of aromatic nitrogens is 3. The maximum absolute atomic E-state index is 12.9. The van der Waals surface area contributed by atoms with E-state index in [2.05, 4.69) is 10.2 Å². The van der Waals surface area contributed by atoms with E-state index >= 15 is 0 Å². The first-order chi connectivity index (χ1) is 16.5. The van der Waals surface area contributed by atoms with Crippen LogP contribution in [-0.2, 0) is 4.79 Å². The molecule has 0 aliphatic carbocycles. The van der Waals surface area contributed by atoms with Crippen molar-refractivity contribution in [3.05, 3.63) is 70.3 Å². The Bertz CT molecular complexity index is 1190. The summed E-state index contributed by atoms with van der Waals surface area (Å²) in [5.74, 6) is 2.31. The van der Waals surface area contributed by atoms with Crippen molar-refractivity contribution in [1.29, 1.82) is 0 Å². The third kappa shape index (κ3) is 5.97. The van der Waals surface area contributed by atoms with Gasteiger partial charge in [-0.15, -0.1) is 10.2 Å². The number of methoxy groups -OCH3 is 1. The number of unbranched alkanes of at least 4 members (excludes halogenated alkanes) is 3. The SMILES string of the molecule is C.COc1ccc2c(c1)C(c1ccc(Cl)cc1)=N[C@@H](CC(=O)CCCCCCN)c1nnc(C)n1-2. The normalized spacial score (nSPS) is 14.3. The summed E-state index contributed by atoms with van der Waals surface area (Å²) in [5, 5.41) is 9.41. The largest absolute Gasteiger partial charge is 0.497 e. The number of ketones is 1. The van der Waals surface area contributed by atoms with E-state index in [4.69, 9.17) is 27.1 Å². The van der Waals surface area contributed by atoms with Crippen molar-refractivity contribution < 1.29 is 9.53 Å². The molecule has 2 N–H and O–H groups in total. The molecule has 8 heteroatoms. The van der Waals surface area contributed by atoms with Gasteiger partial charge in [0.1, 0.15) is 23.4 Å². The number of halogens is 1. The molecule has 0 bridgehead atoms. The number of nitrogens with two attached hydrogens (primary N) is 1. The highest BCUT2D eigenvalue weighted by atomic mass is 35.5. The molecule has 0 saturated heterocycles. The van der Waals surface area contributed by atoms with Gasteiger partial charge in [-0.25, -0.2) is 0 Å². The number of Topliss-reactive ketones (excluding diaryl/α,β-unsaturated/α-hetero) is 1. The molecule has 2 heterocycles. The lowest BCUT2D eigenvalue weighted by Gasteiger charge is -2.14. The maximum atomic E-state index is 12.9. The number of carbonyl (C=O) groups is 1. The molecule has 1 aromatic heterocycles. The predicted octanol–water partition coefficient (Wildman–Crippen LogP) is 5.63. The number of nitrogens with zero attached hydrogens (tertiary/aromatic N) is 4. The average Bonchev–Trinajstić information content (AvgIpc) is 3.16. The van der Waals surface area contributed by atoms with Crippen molar-refractivity contribution in [2.45, 2.75) is 58.9 Å². The van der Waals surface area contributed by atoms with Gasteiger partial charge in [0, 0.05) is 29.0 Å². The van der Waals surface area contributed by atoms with E-state index in [1.165, 1.54) is 0 Å². The molecule has 0 amide bonds. The lowest BCUT2D eigenvalue weighted by atomic mass is 9.99. The van der Waals surface area contributed by atoms with Gasteiger partial charge in [-0.05, 0) is 56.6 Å². The molecular weight excluding hydrogens is 462 g/mol. The van der Waals surface area contributed by atoms with Gasteiger partial charge in [-0.1, -0.05) is 44.0 Å². The van der Waals surface area contributed by atoms with Crippen LogP contribution in [0.15, 0.2) is 47.5 Å². The summed E-state index contributed by atoms with van der Waals surface area (Å²) in [6, 6.07) is 13.0. The Morgan fingerprint density at radius 1 is 1.09 bits per heavy atom. The molecule has 7 nitrogen and oxygen atoms in total. The van der Waals surface area contributed by atoms with E-state index in [0.717, 1.165) is 59.8 Å². The van der Waals surface area contributed by atoms with Crippen LogP contribution >= 0.6 is 11.6 Å². The fourth-order valence-corrected chi connectivity index (χ4v) is 4.44. The Morgan fingerprint density at radius 2 is 1.83 bits per heavy atom. The van der Waals surface area contributed by atoms with E-state index in [1.807, 2.05) is 54.0 Å². The number of rotatable bonds is 10. The fourth-order valence-electron chi connectivity index (χ4n) is 4.31. The first kappa shape index (κ1) is 26.6. The molecule has 0 radical (unpaired) electrons. The number of aryl methyl sites for hydroxylation is 1. The minimum Gasteiger partial charge on any atom is -0.497 e. The van der Waals surface area contributed by atoms with Gasteiger partial charge in [0.2, 0.25) is 0 Å². The van der Waals surface area contributed by atoms with E-state index < -0.39 is 6.04 Å². The summed E-state index contributed by atoms with van der Waals surface area (Å²) in [7, 11) is 1.64. The van der Waals surface area contributed by atoms with Gasteiger partial charge < -0.3 is 10.5 Å². The second-order valence-corrected chi connectivity index (χ2v) is 8.96. The maximum Gasteiger partial charge on any atom is 0.162 e. The predicted molar refractivity (Wildman–Crippen MR) is 141 cm³/mol. The Balaban J connectivity index is 0.00000342. The first-order valence-electron chi connectivity index (χ1n) is 11.7. The first-order valence-corrected chi connectivity index (χ1v) is 12.1. The molecule has 1 aliphatic rings. The summed E-state index contributed by atoms with van der Waals surface area (Å²) in [4.78, 5) is 18.0. The van der Waals surface area contributed by atoms with Crippen molar-refractivity contribution in [2.75, 3.05) is 13.7 Å². The molecule has 1 atom stereocenters. The van der Waals surface area contributed by atoms with Crippen molar-refractivity contribution >= 4 is 23.1 Å². The third-order valence-corrected chi connectivity index (χ3v) is 6.33. The molecule has 1 aliphatic heterocycles. The fraction of sp³-hybridized carbons (Fsp3) is 0.407. The number of ether oxygens (including phenoxy) is 1. The lowest BCUT2D eigenvalue weighted by Crippen LogP contribution is -2.11. The molecule has 2 aromatic carbocycles. The number of hydrogen-bond donors (Lipinski definition) is 1. The van der Waals surface area contributed by atoms with Crippen LogP contribution in [0.4, 0.5) is 0 Å². The van der Waals surface area contributed by atoms with Gasteiger partial charge in [0.15, 0.2) is 5.82 Å². The molecule has 3 aromatic rings. The Morgan fingerprint density at radius 3 is 2.54 bits per heavy atom. The molecular formula is C27H34ClN5O2. The van der Waals surface area contributed by atoms with Crippen LogP contribution in [0.5, 0.6) is 5.75 Å². The van der Waals surface area contributed by atoms with Crippen LogP contribution in [0.25, 0.3) is 5.69 Å². The highest BCUT2D eigenvalue weighted by Gasteiger charge is 2.29. The van der Waals surface area contributed by atoms with Crippen molar-refractivity contribution in [1.82, 2.24) is 14.8 Å². The van der Waals surface area contributed by atoms with Crippen molar-refractivity contribution in [2.24, 2.45) is 10.7 Å². The summed E-state index contributed by atoms with van der Waals surface area (Å²) < 4.78 is 7.51. The zero-order valence-electron chi connectivity index (χ0n) is 19.6. The quantitative estimate of drug-likeness (QED) is 0.367. The molecule has 35 heavy (non-hydrogen) atoms. The topological polar surface area (TPSA) is 95.4 Å². The Kier molecular flexibility index (Phi) is 9.18. The van der Waals surface area contributed by atoms with Crippen LogP contribution < -0.4 is 10.5 Å². The van der Waals surface area contributed by atoms with Gasteiger partial charge in [0.25, 0.3) is 0 Å². The van der Waals surface area contributed by atoms with Crippen LogP contribution in [0.1, 0.15) is 74.8 Å². The number of benzene rings is 2. The lowest BCUT2D eigenvalue weighted by molar-refractivity contribution is -0.119. The molecule has 0 fully saturated rings. The monoisotopic (exact) mass is 495 g/mol. The Labute approximate surface area is 212 Å². The minimum absolute atomic E-state index is 0.